The Morgan fingerprint density at radius 2 is 1.80 bits per heavy atom. The summed E-state index contributed by atoms with van der Waals surface area (Å²) in [4.78, 5) is 13.2. The van der Waals surface area contributed by atoms with E-state index in [4.69, 9.17) is 5.73 Å². The standard InChI is InChI=1S/C12H13N5S3/c1-12(2,7-5-19-9(13)15-7)8-6-20-11(16-8)17-10-14-3-4-18-10/h3-6H,1-2H3,(H2,13,15)(H,14,16,17). The van der Waals surface area contributed by atoms with Crippen LogP contribution in [0.4, 0.5) is 15.4 Å². The number of rotatable bonds is 4. The molecule has 0 aromatic carbocycles. The zero-order valence-electron chi connectivity index (χ0n) is 11.0. The molecule has 0 aliphatic heterocycles. The molecule has 8 heteroatoms. The van der Waals surface area contributed by atoms with Crippen LogP contribution in [0.2, 0.25) is 0 Å². The van der Waals surface area contributed by atoms with Crippen LogP contribution < -0.4 is 11.1 Å². The van der Waals surface area contributed by atoms with E-state index in [-0.39, 0.29) is 5.41 Å². The Balaban J connectivity index is 1.85. The Kier molecular flexibility index (Phi) is 3.45. The third kappa shape index (κ3) is 2.54. The highest BCUT2D eigenvalue weighted by atomic mass is 32.1. The van der Waals surface area contributed by atoms with Gasteiger partial charge in [0.25, 0.3) is 0 Å². The van der Waals surface area contributed by atoms with Gasteiger partial charge >= 0.3 is 0 Å². The average Bonchev–Trinajstić information content (AvgIpc) is 3.10. The first-order valence-electron chi connectivity index (χ1n) is 5.90. The minimum absolute atomic E-state index is 0.257. The van der Waals surface area contributed by atoms with E-state index in [1.54, 1.807) is 28.9 Å². The van der Waals surface area contributed by atoms with Crippen LogP contribution in [0.5, 0.6) is 0 Å². The molecule has 0 bridgehead atoms. The van der Waals surface area contributed by atoms with Crippen LogP contribution in [0.25, 0.3) is 0 Å². The van der Waals surface area contributed by atoms with Crippen LogP contribution >= 0.6 is 34.0 Å². The van der Waals surface area contributed by atoms with Gasteiger partial charge in [-0.15, -0.1) is 34.0 Å². The second-order valence-electron chi connectivity index (χ2n) is 4.70. The quantitative estimate of drug-likeness (QED) is 0.765. The highest BCUT2D eigenvalue weighted by molar-refractivity contribution is 7.16. The minimum Gasteiger partial charge on any atom is -0.375 e. The molecule has 0 amide bonds. The Morgan fingerprint density at radius 3 is 2.45 bits per heavy atom. The summed E-state index contributed by atoms with van der Waals surface area (Å²) in [5, 5.41) is 11.4. The van der Waals surface area contributed by atoms with Gasteiger partial charge in [0.15, 0.2) is 15.4 Å². The van der Waals surface area contributed by atoms with Gasteiger partial charge in [-0.2, -0.15) is 0 Å². The molecule has 0 aliphatic carbocycles. The van der Waals surface area contributed by atoms with E-state index in [0.717, 1.165) is 21.7 Å². The summed E-state index contributed by atoms with van der Waals surface area (Å²) in [5.41, 5.74) is 7.39. The van der Waals surface area contributed by atoms with Gasteiger partial charge in [0, 0.05) is 22.3 Å². The molecule has 3 heterocycles. The maximum atomic E-state index is 5.72. The van der Waals surface area contributed by atoms with Crippen molar-refractivity contribution in [3.63, 3.8) is 0 Å². The minimum atomic E-state index is -0.257. The second-order valence-corrected chi connectivity index (χ2v) is 7.34. The lowest BCUT2D eigenvalue weighted by Gasteiger charge is -2.19. The van der Waals surface area contributed by atoms with Gasteiger partial charge in [-0.3, -0.25) is 0 Å². The third-order valence-electron chi connectivity index (χ3n) is 2.95. The fraction of sp³-hybridized carbons (Fsp3) is 0.250. The topological polar surface area (TPSA) is 76.7 Å². The number of anilines is 3. The fourth-order valence-electron chi connectivity index (χ4n) is 1.70. The summed E-state index contributed by atoms with van der Waals surface area (Å²) in [6, 6.07) is 0. The van der Waals surface area contributed by atoms with Crippen molar-refractivity contribution in [2.75, 3.05) is 11.1 Å². The largest absolute Gasteiger partial charge is 0.375 e. The lowest BCUT2D eigenvalue weighted by atomic mass is 9.87. The Labute approximate surface area is 128 Å². The Hall–Kier alpha value is -1.51. The van der Waals surface area contributed by atoms with Crippen LogP contribution in [0.3, 0.4) is 0 Å². The molecule has 0 unspecified atom stereocenters. The molecular formula is C12H13N5S3. The predicted octanol–water partition coefficient (Wildman–Crippen LogP) is 3.71. The molecule has 0 spiro atoms. The number of thiazole rings is 3. The summed E-state index contributed by atoms with van der Waals surface area (Å²) in [7, 11) is 0. The lowest BCUT2D eigenvalue weighted by molar-refractivity contribution is 0.605. The lowest BCUT2D eigenvalue weighted by Crippen LogP contribution is -2.20. The molecule has 3 aromatic rings. The van der Waals surface area contributed by atoms with Crippen molar-refractivity contribution >= 4 is 49.4 Å². The van der Waals surface area contributed by atoms with E-state index in [1.165, 1.54) is 11.3 Å². The highest BCUT2D eigenvalue weighted by Crippen LogP contribution is 2.35. The van der Waals surface area contributed by atoms with Crippen molar-refractivity contribution in [2.45, 2.75) is 19.3 Å². The third-order valence-corrected chi connectivity index (χ3v) is 5.07. The molecule has 0 saturated carbocycles. The zero-order valence-corrected chi connectivity index (χ0v) is 13.4. The summed E-state index contributed by atoms with van der Waals surface area (Å²) in [6.45, 7) is 4.20. The smallest absolute Gasteiger partial charge is 0.189 e. The maximum absolute atomic E-state index is 5.72. The van der Waals surface area contributed by atoms with E-state index in [0.29, 0.717) is 5.13 Å². The molecule has 3 N–H and O–H groups in total. The van der Waals surface area contributed by atoms with Gasteiger partial charge < -0.3 is 11.1 Å². The van der Waals surface area contributed by atoms with Crippen molar-refractivity contribution in [1.29, 1.82) is 0 Å². The molecule has 0 fully saturated rings. The normalized spacial score (nSPS) is 11.7. The molecule has 20 heavy (non-hydrogen) atoms. The number of hydrogen-bond donors (Lipinski definition) is 2. The van der Waals surface area contributed by atoms with Gasteiger partial charge in [-0.25, -0.2) is 15.0 Å². The summed E-state index contributed by atoms with van der Waals surface area (Å²) < 4.78 is 0. The van der Waals surface area contributed by atoms with E-state index in [9.17, 15) is 0 Å². The van der Waals surface area contributed by atoms with E-state index >= 15 is 0 Å². The van der Waals surface area contributed by atoms with Gasteiger partial charge in [0.05, 0.1) is 16.8 Å². The molecule has 5 nitrogen and oxygen atoms in total. The number of hydrogen-bond acceptors (Lipinski definition) is 8. The van der Waals surface area contributed by atoms with Crippen LogP contribution in [-0.2, 0) is 5.41 Å². The highest BCUT2D eigenvalue weighted by Gasteiger charge is 2.28. The molecule has 0 aliphatic rings. The van der Waals surface area contributed by atoms with Gasteiger partial charge in [0.1, 0.15) is 0 Å². The molecular weight excluding hydrogens is 310 g/mol. The molecule has 0 radical (unpaired) electrons. The van der Waals surface area contributed by atoms with Crippen molar-refractivity contribution in [3.8, 4) is 0 Å². The van der Waals surface area contributed by atoms with Crippen molar-refractivity contribution < 1.29 is 0 Å². The first kappa shape index (κ1) is 13.5. The van der Waals surface area contributed by atoms with Crippen LogP contribution in [0.1, 0.15) is 25.2 Å². The van der Waals surface area contributed by atoms with Gasteiger partial charge in [0.2, 0.25) is 0 Å². The fourth-order valence-corrected chi connectivity index (χ4v) is 3.90. The number of nitrogens with two attached hydrogens (primary N) is 1. The van der Waals surface area contributed by atoms with Crippen molar-refractivity contribution in [1.82, 2.24) is 15.0 Å². The molecule has 0 atom stereocenters. The first-order chi connectivity index (χ1) is 9.55. The maximum Gasteiger partial charge on any atom is 0.189 e. The summed E-state index contributed by atoms with van der Waals surface area (Å²) in [6.07, 6.45) is 1.77. The van der Waals surface area contributed by atoms with Crippen LogP contribution in [0.15, 0.2) is 22.3 Å². The summed E-state index contributed by atoms with van der Waals surface area (Å²) >= 11 is 4.57. The monoisotopic (exact) mass is 323 g/mol. The number of nitrogen functional groups attached to an aromatic ring is 1. The van der Waals surface area contributed by atoms with Gasteiger partial charge in [-0.1, -0.05) is 0 Å². The zero-order chi connectivity index (χ0) is 14.2. The molecule has 0 saturated heterocycles. The Bertz CT molecular complexity index is 698. The average molecular weight is 323 g/mol. The van der Waals surface area contributed by atoms with Crippen molar-refractivity contribution in [2.24, 2.45) is 0 Å². The number of nitrogens with zero attached hydrogens (tertiary/aromatic N) is 3. The first-order valence-corrected chi connectivity index (χ1v) is 8.53. The summed E-state index contributed by atoms with van der Waals surface area (Å²) in [5.74, 6) is 0. The number of aromatic nitrogens is 3. The molecule has 104 valence electrons. The second kappa shape index (κ2) is 5.12. The van der Waals surface area contributed by atoms with Crippen LogP contribution in [0, 0.1) is 0 Å². The van der Waals surface area contributed by atoms with Gasteiger partial charge in [-0.05, 0) is 13.8 Å². The molecule has 3 rings (SSSR count). The van der Waals surface area contributed by atoms with Crippen LogP contribution in [-0.4, -0.2) is 15.0 Å². The Morgan fingerprint density at radius 1 is 1.05 bits per heavy atom. The van der Waals surface area contributed by atoms with E-state index < -0.39 is 0 Å². The van der Waals surface area contributed by atoms with Crippen molar-refractivity contribution in [3.05, 3.63) is 33.7 Å². The predicted molar refractivity (Wildman–Crippen MR) is 86.2 cm³/mol. The molecule has 3 aromatic heterocycles. The van der Waals surface area contributed by atoms with E-state index in [1.807, 2.05) is 16.1 Å². The number of nitrogens with one attached hydrogen (secondary N) is 1. The SMILES string of the molecule is CC(C)(c1csc(N)n1)c1csc(Nc2nccs2)n1. The van der Waals surface area contributed by atoms with E-state index in [2.05, 4.69) is 34.1 Å².